The maximum atomic E-state index is 3.49. The molecule has 6 rings (SSSR count). The summed E-state index contributed by atoms with van der Waals surface area (Å²) in [5.41, 5.74) is 14.3. The van der Waals surface area contributed by atoms with E-state index >= 15 is 0 Å². The van der Waals surface area contributed by atoms with Crippen LogP contribution in [0.15, 0.2) is 97.1 Å². The van der Waals surface area contributed by atoms with E-state index < -0.39 is 0 Å². The molecule has 2 radical (unpaired) electrons. The van der Waals surface area contributed by atoms with E-state index in [9.17, 15) is 0 Å². The fraction of sp³-hybridized carbons (Fsp3) is 0.333. The van der Waals surface area contributed by atoms with Crippen molar-refractivity contribution < 1.29 is 23.3 Å². The molecule has 0 spiro atoms. The van der Waals surface area contributed by atoms with Gasteiger partial charge in [0.2, 0.25) is 0 Å². The van der Waals surface area contributed by atoms with Crippen molar-refractivity contribution in [1.82, 2.24) is 0 Å². The second-order valence-corrected chi connectivity index (χ2v) is 15.0. The van der Waals surface area contributed by atoms with Crippen molar-refractivity contribution in [2.24, 2.45) is 0 Å². The Kier molecular flexibility index (Phi) is 21.3. The Morgan fingerprint density at radius 2 is 0.846 bits per heavy atom. The molecule has 0 atom stereocenters. The molecule has 0 saturated carbocycles. The summed E-state index contributed by atoms with van der Waals surface area (Å²) in [6.45, 7) is 31.3. The van der Waals surface area contributed by atoms with Gasteiger partial charge in [-0.3, -0.25) is 0 Å². The van der Waals surface area contributed by atoms with Crippen LogP contribution in [0, 0.1) is 28.2 Å². The molecule has 0 N–H and O–H groups in total. The molecule has 0 bridgehead atoms. The Bertz CT molecular complexity index is 1790. The fourth-order valence-electron chi connectivity index (χ4n) is 6.89. The van der Waals surface area contributed by atoms with Gasteiger partial charge in [0.15, 0.2) is 0 Å². The summed E-state index contributed by atoms with van der Waals surface area (Å²) in [4.78, 5) is 0. The number of fused-ring (bicyclic) bond motifs is 2. The van der Waals surface area contributed by atoms with Gasteiger partial charge in [-0.25, -0.2) is 0 Å². The van der Waals surface area contributed by atoms with E-state index in [0.29, 0.717) is 0 Å². The van der Waals surface area contributed by atoms with Crippen LogP contribution in [0.5, 0.6) is 0 Å². The molecule has 0 saturated heterocycles. The molecule has 0 amide bonds. The van der Waals surface area contributed by atoms with Crippen molar-refractivity contribution in [3.05, 3.63) is 145 Å². The van der Waals surface area contributed by atoms with Crippen molar-refractivity contribution in [3.8, 4) is 22.3 Å². The molecule has 0 heterocycles. The summed E-state index contributed by atoms with van der Waals surface area (Å²) in [6, 6.07) is 36.1. The standard InChI is InChI=1S/2C22H25.C3H7.CH3.2ClH.Si.Zr/c2*1-6-16-10-12-17(13-11-16)19-9-7-8-18-14-20(22(3,4)5)15(2)21(18)19;1-3-2;;;;;/h2*7-14H,6H2,1-5H3;1,3H2,2H3;1H3;2*1H;;/q4*-1;;;;. The summed E-state index contributed by atoms with van der Waals surface area (Å²) >= 11 is 1.36. The van der Waals surface area contributed by atoms with Gasteiger partial charge in [-0.1, -0.05) is 148 Å². The third-order valence-electron chi connectivity index (χ3n) is 9.31. The van der Waals surface area contributed by atoms with E-state index in [-0.39, 0.29) is 43.1 Å². The molecule has 0 aromatic heterocycles. The zero-order valence-corrected chi connectivity index (χ0v) is 39.0. The van der Waals surface area contributed by atoms with E-state index in [0.717, 1.165) is 19.3 Å². The van der Waals surface area contributed by atoms with Gasteiger partial charge in [-0.15, -0.1) is 93.9 Å². The minimum absolute atomic E-state index is 0. The third kappa shape index (κ3) is 11.9. The average Bonchev–Trinajstić information content (AvgIpc) is 3.63. The molecule has 0 fully saturated rings. The monoisotopic (exact) mass is 826 g/mol. The predicted molar refractivity (Wildman–Crippen MR) is 238 cm³/mol. The van der Waals surface area contributed by atoms with Crippen molar-refractivity contribution >= 4 is 53.2 Å². The molecule has 52 heavy (non-hydrogen) atoms. The number of aryl methyl sites for hydroxylation is 4. The first-order valence-electron chi connectivity index (χ1n) is 17.9. The SMILES string of the molecule is CCc1ccc(-c2cccc3[cH-]c(C(C)(C)C)c(C)c23)cc1.CCc1ccc(-c2cccc3[cH-]c(C(C)(C)C)c(C)c23)cc1.Cl.Cl.[CH2-]CC.[CH3-].[Si]=[Zr]. The van der Waals surface area contributed by atoms with Crippen LogP contribution in [0.3, 0.4) is 0 Å². The average molecular weight is 829 g/mol. The Morgan fingerprint density at radius 1 is 0.558 bits per heavy atom. The summed E-state index contributed by atoms with van der Waals surface area (Å²) in [7, 11) is 0. The van der Waals surface area contributed by atoms with Crippen molar-refractivity contribution in [2.45, 2.75) is 106 Å². The second kappa shape index (κ2) is 22.2. The number of rotatable bonds is 4. The van der Waals surface area contributed by atoms with Crippen LogP contribution in [0.4, 0.5) is 0 Å². The van der Waals surface area contributed by atoms with Crippen LogP contribution < -0.4 is 0 Å². The maximum absolute atomic E-state index is 3.49. The van der Waals surface area contributed by atoms with Gasteiger partial charge in [0.05, 0.1) is 0 Å². The number of benzene rings is 4. The Hall–Kier alpha value is -2.22. The van der Waals surface area contributed by atoms with Crippen LogP contribution in [0.1, 0.15) is 102 Å². The summed E-state index contributed by atoms with van der Waals surface area (Å²) < 4.78 is 0. The molecule has 6 aromatic rings. The summed E-state index contributed by atoms with van der Waals surface area (Å²) in [6.07, 6.45) is 3.18. The first-order valence-corrected chi connectivity index (χ1v) is 22.1. The van der Waals surface area contributed by atoms with E-state index in [1.807, 2.05) is 6.92 Å². The molecular formula is C48H62Cl2SiZr-4. The first-order chi connectivity index (χ1) is 23.2. The van der Waals surface area contributed by atoms with Crippen LogP contribution in [-0.4, -0.2) is 6.88 Å². The van der Waals surface area contributed by atoms with Crippen LogP contribution in [-0.2, 0) is 47.0 Å². The minimum atomic E-state index is 0. The Morgan fingerprint density at radius 3 is 1.10 bits per heavy atom. The quantitative estimate of drug-likeness (QED) is 0.123. The molecule has 0 aliphatic carbocycles. The van der Waals surface area contributed by atoms with Gasteiger partial charge in [0.25, 0.3) is 0 Å². The van der Waals surface area contributed by atoms with E-state index in [1.165, 1.54) is 101 Å². The normalized spacial score (nSPS) is 10.6. The zero-order valence-electron chi connectivity index (χ0n) is 33.9. The van der Waals surface area contributed by atoms with Gasteiger partial charge in [-0.05, 0) is 45.9 Å². The fourth-order valence-corrected chi connectivity index (χ4v) is 6.89. The van der Waals surface area contributed by atoms with Gasteiger partial charge in [-0.2, -0.15) is 17.5 Å². The predicted octanol–water partition coefficient (Wildman–Crippen LogP) is 14.9. The van der Waals surface area contributed by atoms with Crippen LogP contribution >= 0.6 is 24.8 Å². The molecule has 0 unspecified atom stereocenters. The van der Waals surface area contributed by atoms with E-state index in [2.05, 4.69) is 180 Å². The number of hydrogen-bond acceptors (Lipinski definition) is 0. The second-order valence-electron chi connectivity index (χ2n) is 15.0. The molecule has 0 nitrogen and oxygen atoms in total. The van der Waals surface area contributed by atoms with Gasteiger partial charge < -0.3 is 14.4 Å². The van der Waals surface area contributed by atoms with Gasteiger partial charge in [0.1, 0.15) is 0 Å². The molecular weight excluding hydrogens is 767 g/mol. The Labute approximate surface area is 347 Å². The summed E-state index contributed by atoms with van der Waals surface area (Å²) in [5, 5.41) is 5.55. The van der Waals surface area contributed by atoms with Crippen LogP contribution in [0.25, 0.3) is 43.8 Å². The zero-order chi connectivity index (χ0) is 36.5. The molecule has 0 aliphatic rings. The van der Waals surface area contributed by atoms with Crippen molar-refractivity contribution in [3.63, 3.8) is 0 Å². The topological polar surface area (TPSA) is 0 Å². The van der Waals surface area contributed by atoms with Crippen LogP contribution in [0.2, 0.25) is 0 Å². The first kappa shape index (κ1) is 49.8. The number of halogens is 2. The molecule has 0 aliphatic heterocycles. The molecule has 280 valence electrons. The van der Waals surface area contributed by atoms with Gasteiger partial charge in [0, 0.05) is 0 Å². The molecule has 6 aromatic carbocycles. The van der Waals surface area contributed by atoms with E-state index in [1.54, 1.807) is 0 Å². The van der Waals surface area contributed by atoms with Gasteiger partial charge >= 0.3 is 30.2 Å². The number of hydrogen-bond donors (Lipinski definition) is 0. The van der Waals surface area contributed by atoms with E-state index in [4.69, 9.17) is 0 Å². The van der Waals surface area contributed by atoms with Crippen molar-refractivity contribution in [1.29, 1.82) is 0 Å². The third-order valence-corrected chi connectivity index (χ3v) is 9.31. The Balaban J connectivity index is 0.000000847. The van der Waals surface area contributed by atoms with Crippen molar-refractivity contribution in [2.75, 3.05) is 0 Å². The molecule has 4 heteroatoms. The summed E-state index contributed by atoms with van der Waals surface area (Å²) in [5.74, 6) is 0.